The Morgan fingerprint density at radius 3 is 2.42 bits per heavy atom. The highest BCUT2D eigenvalue weighted by atomic mass is 32.1. The van der Waals surface area contributed by atoms with Crippen LogP contribution >= 0.6 is 11.3 Å². The smallest absolute Gasteiger partial charge is 0.143 e. The number of rotatable bonds is 4. The Morgan fingerprint density at radius 2 is 1.73 bits per heavy atom. The molecule has 1 N–H and O–H groups in total. The first-order valence-electron chi connectivity index (χ1n) is 8.07. The first kappa shape index (κ1) is 16.5. The number of fused-ring (bicyclic) bond motifs is 1. The van der Waals surface area contributed by atoms with Crippen molar-refractivity contribution in [3.05, 3.63) is 65.6 Å². The van der Waals surface area contributed by atoms with Crippen LogP contribution in [0.2, 0.25) is 0 Å². The summed E-state index contributed by atoms with van der Waals surface area (Å²) in [5, 5.41) is 6.33. The van der Waals surface area contributed by atoms with Crippen molar-refractivity contribution in [1.29, 1.82) is 0 Å². The van der Waals surface area contributed by atoms with E-state index in [2.05, 4.69) is 20.7 Å². The molecule has 0 atom stereocenters. The molecule has 0 aliphatic carbocycles. The third-order valence-corrected chi connectivity index (χ3v) is 4.93. The molecular formula is C20H16FN3OS. The van der Waals surface area contributed by atoms with E-state index < -0.39 is 0 Å². The Kier molecular flexibility index (Phi) is 4.26. The van der Waals surface area contributed by atoms with Gasteiger partial charge in [0.15, 0.2) is 0 Å². The number of halogens is 1. The molecule has 2 heterocycles. The van der Waals surface area contributed by atoms with Crippen LogP contribution in [0.1, 0.15) is 5.82 Å². The average Bonchev–Trinajstić information content (AvgIpc) is 3.07. The van der Waals surface area contributed by atoms with Crippen molar-refractivity contribution in [1.82, 2.24) is 9.97 Å². The molecule has 2 aromatic carbocycles. The van der Waals surface area contributed by atoms with Crippen LogP contribution < -0.4 is 10.1 Å². The summed E-state index contributed by atoms with van der Waals surface area (Å²) in [5.41, 5.74) is 2.89. The third kappa shape index (κ3) is 3.11. The van der Waals surface area contributed by atoms with Gasteiger partial charge in [0.05, 0.1) is 12.5 Å². The van der Waals surface area contributed by atoms with Crippen LogP contribution in [0, 0.1) is 12.7 Å². The summed E-state index contributed by atoms with van der Waals surface area (Å²) in [7, 11) is 1.65. The molecule has 0 saturated carbocycles. The molecule has 0 radical (unpaired) electrons. The molecule has 4 aromatic rings. The Morgan fingerprint density at radius 1 is 1.00 bits per heavy atom. The maximum atomic E-state index is 13.2. The van der Waals surface area contributed by atoms with Crippen LogP contribution in [0.15, 0.2) is 53.9 Å². The van der Waals surface area contributed by atoms with Gasteiger partial charge in [0.25, 0.3) is 0 Å². The largest absolute Gasteiger partial charge is 0.497 e. The topological polar surface area (TPSA) is 47.0 Å². The first-order valence-corrected chi connectivity index (χ1v) is 8.95. The highest BCUT2D eigenvalue weighted by molar-refractivity contribution is 7.17. The van der Waals surface area contributed by atoms with E-state index in [4.69, 9.17) is 4.74 Å². The number of hydrogen-bond acceptors (Lipinski definition) is 5. The van der Waals surface area contributed by atoms with Gasteiger partial charge in [-0.3, -0.25) is 0 Å². The molecule has 0 spiro atoms. The van der Waals surface area contributed by atoms with Gasteiger partial charge in [0.2, 0.25) is 0 Å². The monoisotopic (exact) mass is 365 g/mol. The summed E-state index contributed by atoms with van der Waals surface area (Å²) in [4.78, 5) is 10.0. The van der Waals surface area contributed by atoms with E-state index >= 15 is 0 Å². The SMILES string of the molecule is COc1ccc(-c2csc3nc(C)nc(Nc4ccc(F)cc4)c23)cc1. The van der Waals surface area contributed by atoms with Crippen LogP contribution in [0.3, 0.4) is 0 Å². The van der Waals surface area contributed by atoms with Crippen LogP contribution in [0.4, 0.5) is 15.9 Å². The fourth-order valence-corrected chi connectivity index (χ4v) is 3.78. The average molecular weight is 365 g/mol. The molecule has 6 heteroatoms. The Labute approximate surface area is 154 Å². The second-order valence-electron chi connectivity index (χ2n) is 5.81. The summed E-state index contributed by atoms with van der Waals surface area (Å²) in [6, 6.07) is 14.1. The molecule has 4 nitrogen and oxygen atoms in total. The molecule has 0 aliphatic rings. The first-order chi connectivity index (χ1) is 12.6. The van der Waals surface area contributed by atoms with Gasteiger partial charge < -0.3 is 10.1 Å². The van der Waals surface area contributed by atoms with Crippen molar-refractivity contribution in [2.45, 2.75) is 6.92 Å². The van der Waals surface area contributed by atoms with Gasteiger partial charge in [-0.05, 0) is 48.9 Å². The summed E-state index contributed by atoms with van der Waals surface area (Å²) in [5.74, 6) is 1.94. The van der Waals surface area contributed by atoms with Crippen molar-refractivity contribution >= 4 is 33.1 Å². The lowest BCUT2D eigenvalue weighted by atomic mass is 10.1. The summed E-state index contributed by atoms with van der Waals surface area (Å²) < 4.78 is 18.4. The van der Waals surface area contributed by atoms with Crippen LogP contribution in [-0.2, 0) is 0 Å². The van der Waals surface area contributed by atoms with Crippen molar-refractivity contribution < 1.29 is 9.13 Å². The molecule has 4 rings (SSSR count). The van der Waals surface area contributed by atoms with E-state index in [9.17, 15) is 4.39 Å². The Balaban J connectivity index is 1.83. The molecule has 26 heavy (non-hydrogen) atoms. The summed E-state index contributed by atoms with van der Waals surface area (Å²) in [6.07, 6.45) is 0. The highest BCUT2D eigenvalue weighted by Crippen LogP contribution is 2.38. The van der Waals surface area contributed by atoms with Crippen LogP contribution in [0.5, 0.6) is 5.75 Å². The van der Waals surface area contributed by atoms with Crippen molar-refractivity contribution in [2.24, 2.45) is 0 Å². The van der Waals surface area contributed by atoms with Gasteiger partial charge in [0, 0.05) is 16.6 Å². The maximum absolute atomic E-state index is 13.2. The van der Waals surface area contributed by atoms with E-state index in [1.807, 2.05) is 31.2 Å². The lowest BCUT2D eigenvalue weighted by Gasteiger charge is -2.10. The number of hydrogen-bond donors (Lipinski definition) is 1. The van der Waals surface area contributed by atoms with Crippen molar-refractivity contribution in [2.75, 3.05) is 12.4 Å². The number of thiophene rings is 1. The predicted octanol–water partition coefficient (Wildman–Crippen LogP) is 5.56. The second kappa shape index (κ2) is 6.72. The van der Waals surface area contributed by atoms with Crippen molar-refractivity contribution in [3.8, 4) is 16.9 Å². The van der Waals surface area contributed by atoms with E-state index in [1.54, 1.807) is 30.6 Å². The van der Waals surface area contributed by atoms with Crippen molar-refractivity contribution in [3.63, 3.8) is 0 Å². The predicted molar refractivity (Wildman–Crippen MR) is 104 cm³/mol. The molecule has 0 aliphatic heterocycles. The van der Waals surface area contributed by atoms with Gasteiger partial charge in [-0.25, -0.2) is 14.4 Å². The molecule has 0 unspecified atom stereocenters. The van der Waals surface area contributed by atoms with E-state index in [1.165, 1.54) is 12.1 Å². The number of methoxy groups -OCH3 is 1. The standard InChI is InChI=1S/C20H16FN3OS/c1-12-22-19(24-15-7-5-14(21)6-8-15)18-17(11-26-20(18)23-12)13-3-9-16(25-2)10-4-13/h3-11H,1-2H3,(H,22,23,24). The maximum Gasteiger partial charge on any atom is 0.143 e. The summed E-state index contributed by atoms with van der Waals surface area (Å²) >= 11 is 1.58. The van der Waals surface area contributed by atoms with E-state index in [-0.39, 0.29) is 5.82 Å². The number of aryl methyl sites for hydroxylation is 1. The molecule has 0 fully saturated rings. The molecule has 130 valence electrons. The van der Waals surface area contributed by atoms with Gasteiger partial charge >= 0.3 is 0 Å². The van der Waals surface area contributed by atoms with Crippen LogP contribution in [0.25, 0.3) is 21.3 Å². The second-order valence-corrected chi connectivity index (χ2v) is 6.67. The zero-order valence-corrected chi connectivity index (χ0v) is 15.1. The Bertz CT molecular complexity index is 1060. The minimum atomic E-state index is -0.269. The van der Waals surface area contributed by atoms with Gasteiger partial charge in [-0.2, -0.15) is 0 Å². The fraction of sp³-hybridized carbons (Fsp3) is 0.100. The fourth-order valence-electron chi connectivity index (χ4n) is 2.79. The van der Waals surface area contributed by atoms with E-state index in [0.717, 1.165) is 32.8 Å². The third-order valence-electron chi connectivity index (χ3n) is 4.05. The number of aromatic nitrogens is 2. The summed E-state index contributed by atoms with van der Waals surface area (Å²) in [6.45, 7) is 1.86. The molecule has 0 amide bonds. The zero-order chi connectivity index (χ0) is 18.1. The van der Waals surface area contributed by atoms with Crippen LogP contribution in [-0.4, -0.2) is 17.1 Å². The normalized spacial score (nSPS) is 10.9. The van der Waals surface area contributed by atoms with E-state index in [0.29, 0.717) is 11.6 Å². The highest BCUT2D eigenvalue weighted by Gasteiger charge is 2.15. The minimum Gasteiger partial charge on any atom is -0.497 e. The number of ether oxygens (including phenoxy) is 1. The molecule has 2 aromatic heterocycles. The number of anilines is 2. The minimum absolute atomic E-state index is 0.269. The molecule has 0 saturated heterocycles. The number of nitrogens with one attached hydrogen (secondary N) is 1. The lowest BCUT2D eigenvalue weighted by molar-refractivity contribution is 0.415. The van der Waals surface area contributed by atoms with Gasteiger partial charge in [-0.15, -0.1) is 11.3 Å². The lowest BCUT2D eigenvalue weighted by Crippen LogP contribution is -1.98. The molecular weight excluding hydrogens is 349 g/mol. The number of nitrogens with zero attached hydrogens (tertiary/aromatic N) is 2. The quantitative estimate of drug-likeness (QED) is 0.514. The molecule has 0 bridgehead atoms. The van der Waals surface area contributed by atoms with Gasteiger partial charge in [0.1, 0.15) is 28.0 Å². The Hall–Kier alpha value is -2.99. The zero-order valence-electron chi connectivity index (χ0n) is 14.3. The van der Waals surface area contributed by atoms with Gasteiger partial charge in [-0.1, -0.05) is 12.1 Å². The number of benzene rings is 2.